The monoisotopic (exact) mass is 682 g/mol. The fraction of sp³-hybridized carbons (Fsp3) is 0.902. The summed E-state index contributed by atoms with van der Waals surface area (Å²) >= 11 is 0. The molecule has 0 bridgehead atoms. The first kappa shape index (κ1) is 36.7. The molecule has 6 fully saturated rings. The number of amides is 2. The molecule has 0 saturated heterocycles. The van der Waals surface area contributed by atoms with E-state index >= 15 is 0 Å². The smallest absolute Gasteiger partial charge is 0.307 e. The number of nitrogens with one attached hydrogen (secondary N) is 2. The molecular formula is C41H66N2O6. The van der Waals surface area contributed by atoms with Gasteiger partial charge in [-0.25, -0.2) is 0 Å². The number of carbonyl (C=O) groups is 4. The highest BCUT2D eigenvalue weighted by atomic mass is 16.4. The molecule has 6 unspecified atom stereocenters. The van der Waals surface area contributed by atoms with Crippen LogP contribution in [0.2, 0.25) is 0 Å². The van der Waals surface area contributed by atoms with Gasteiger partial charge in [0.25, 0.3) is 0 Å². The number of hydrogen-bond acceptors (Lipinski definition) is 4. The first-order chi connectivity index (χ1) is 23.7. The van der Waals surface area contributed by atoms with E-state index in [9.17, 15) is 29.4 Å². The molecular weight excluding hydrogens is 616 g/mol. The molecule has 6 aliphatic carbocycles. The van der Waals surface area contributed by atoms with E-state index in [1.807, 2.05) is 0 Å². The fourth-order valence-corrected chi connectivity index (χ4v) is 11.8. The Labute approximate surface area is 295 Å². The Morgan fingerprint density at radius 3 is 1.12 bits per heavy atom. The molecule has 6 aliphatic rings. The molecule has 2 amide bonds. The van der Waals surface area contributed by atoms with Gasteiger partial charge in [-0.3, -0.25) is 19.2 Å². The van der Waals surface area contributed by atoms with Crippen LogP contribution in [0.5, 0.6) is 0 Å². The van der Waals surface area contributed by atoms with Gasteiger partial charge in [0.2, 0.25) is 11.8 Å². The summed E-state index contributed by atoms with van der Waals surface area (Å²) in [5, 5.41) is 26.5. The maximum atomic E-state index is 13.5. The third kappa shape index (κ3) is 9.61. The maximum absolute atomic E-state index is 13.5. The standard InChI is InChI=1S/C41H66N2O6/c44-38(36-24-30(15-21-34(36)40(46)47)28-7-3-1-4-8-28)42-32-17-11-26(12-18-32)23-27-13-19-33(20-14-27)43-39(45)37-25-31(16-22-35(37)41(48)49)29-9-5-2-6-10-29/h26-37H,1-25H2,(H,42,44)(H,43,45)(H,46,47)(H,48,49). The largest absolute Gasteiger partial charge is 0.481 e. The van der Waals surface area contributed by atoms with Gasteiger partial charge in [-0.2, -0.15) is 0 Å². The zero-order valence-electron chi connectivity index (χ0n) is 30.1. The SMILES string of the molecule is O=C(O)C1CCC(C2CCCCC2)CC1C(=O)NC1CCC(CC2CCC(NC(=O)C3CC(C4CCCCC4)CCC3C(=O)O)CC2)CC1. The van der Waals surface area contributed by atoms with Gasteiger partial charge in [-0.05, 0) is 132 Å². The summed E-state index contributed by atoms with van der Waals surface area (Å²) in [6.07, 6.45) is 26.9. The summed E-state index contributed by atoms with van der Waals surface area (Å²) in [6, 6.07) is 0.317. The summed E-state index contributed by atoms with van der Waals surface area (Å²) in [5.41, 5.74) is 0. The molecule has 0 aliphatic heterocycles. The zero-order chi connectivity index (χ0) is 34.3. The van der Waals surface area contributed by atoms with Gasteiger partial charge in [0, 0.05) is 12.1 Å². The van der Waals surface area contributed by atoms with Crippen molar-refractivity contribution >= 4 is 23.8 Å². The molecule has 0 aromatic carbocycles. The highest BCUT2D eigenvalue weighted by molar-refractivity contribution is 5.85. The molecule has 8 heteroatoms. The van der Waals surface area contributed by atoms with Crippen molar-refractivity contribution in [3.05, 3.63) is 0 Å². The number of rotatable bonds is 10. The van der Waals surface area contributed by atoms with Gasteiger partial charge in [0.1, 0.15) is 0 Å². The van der Waals surface area contributed by atoms with Crippen molar-refractivity contribution in [2.24, 2.45) is 59.2 Å². The number of carboxylic acids is 2. The predicted octanol–water partition coefficient (Wildman–Crippen LogP) is 8.12. The van der Waals surface area contributed by atoms with E-state index in [4.69, 9.17) is 0 Å². The number of aliphatic carboxylic acids is 2. The second-order valence-electron chi connectivity index (χ2n) is 17.7. The topological polar surface area (TPSA) is 133 Å². The normalized spacial score (nSPS) is 38.3. The van der Waals surface area contributed by atoms with Crippen LogP contribution in [0.4, 0.5) is 0 Å². The Morgan fingerprint density at radius 2 is 0.776 bits per heavy atom. The van der Waals surface area contributed by atoms with Crippen LogP contribution in [0, 0.1) is 59.2 Å². The quantitative estimate of drug-likeness (QED) is 0.184. The van der Waals surface area contributed by atoms with Crippen molar-refractivity contribution in [3.63, 3.8) is 0 Å². The molecule has 0 heterocycles. The van der Waals surface area contributed by atoms with Crippen LogP contribution in [0.25, 0.3) is 0 Å². The van der Waals surface area contributed by atoms with Gasteiger partial charge in [-0.1, -0.05) is 64.2 Å². The molecule has 0 radical (unpaired) electrons. The van der Waals surface area contributed by atoms with Crippen molar-refractivity contribution in [2.45, 2.75) is 173 Å². The summed E-state index contributed by atoms with van der Waals surface area (Å²) in [6.45, 7) is 0. The van der Waals surface area contributed by atoms with E-state index in [-0.39, 0.29) is 23.9 Å². The van der Waals surface area contributed by atoms with Crippen LogP contribution in [0.3, 0.4) is 0 Å². The first-order valence-corrected chi connectivity index (χ1v) is 20.8. The highest BCUT2D eigenvalue weighted by Crippen LogP contribution is 2.45. The third-order valence-corrected chi connectivity index (χ3v) is 14.8. The molecule has 276 valence electrons. The number of hydrogen-bond donors (Lipinski definition) is 4. The minimum Gasteiger partial charge on any atom is -0.481 e. The Morgan fingerprint density at radius 1 is 0.408 bits per heavy atom. The minimum atomic E-state index is -0.804. The molecule has 49 heavy (non-hydrogen) atoms. The van der Waals surface area contributed by atoms with Gasteiger partial charge in [0.15, 0.2) is 0 Å². The molecule has 6 rings (SSSR count). The predicted molar refractivity (Wildman–Crippen MR) is 189 cm³/mol. The van der Waals surface area contributed by atoms with Crippen molar-refractivity contribution in [2.75, 3.05) is 0 Å². The lowest BCUT2D eigenvalue weighted by molar-refractivity contribution is -0.150. The average molecular weight is 683 g/mol. The van der Waals surface area contributed by atoms with E-state index in [2.05, 4.69) is 10.6 Å². The van der Waals surface area contributed by atoms with Crippen LogP contribution in [0.1, 0.15) is 161 Å². The molecule has 0 spiro atoms. The van der Waals surface area contributed by atoms with E-state index in [1.54, 1.807) is 0 Å². The lowest BCUT2D eigenvalue weighted by Gasteiger charge is -2.40. The van der Waals surface area contributed by atoms with Gasteiger partial charge in [0.05, 0.1) is 23.7 Å². The Kier molecular flexibility index (Phi) is 13.0. The molecule has 4 N–H and O–H groups in total. The third-order valence-electron chi connectivity index (χ3n) is 14.8. The van der Waals surface area contributed by atoms with Crippen LogP contribution in [0.15, 0.2) is 0 Å². The van der Waals surface area contributed by atoms with Crippen LogP contribution in [-0.4, -0.2) is 46.0 Å². The van der Waals surface area contributed by atoms with E-state index < -0.39 is 35.6 Å². The Balaban J connectivity index is 0.911. The molecule has 8 nitrogen and oxygen atoms in total. The second kappa shape index (κ2) is 17.4. The average Bonchev–Trinajstić information content (AvgIpc) is 3.13. The van der Waals surface area contributed by atoms with Crippen LogP contribution in [-0.2, 0) is 19.2 Å². The number of carboxylic acid groups (broad SMARTS) is 2. The lowest BCUT2D eigenvalue weighted by Crippen LogP contribution is -2.47. The van der Waals surface area contributed by atoms with E-state index in [1.165, 1.54) is 70.6 Å². The lowest BCUT2D eigenvalue weighted by atomic mass is 9.66. The molecule has 6 saturated carbocycles. The van der Waals surface area contributed by atoms with E-state index in [0.717, 1.165) is 77.0 Å². The van der Waals surface area contributed by atoms with Gasteiger partial charge in [-0.15, -0.1) is 0 Å². The first-order valence-electron chi connectivity index (χ1n) is 20.8. The maximum Gasteiger partial charge on any atom is 0.307 e. The fourth-order valence-electron chi connectivity index (χ4n) is 11.8. The van der Waals surface area contributed by atoms with Crippen molar-refractivity contribution in [1.82, 2.24) is 10.6 Å². The second-order valence-corrected chi connectivity index (χ2v) is 17.7. The highest BCUT2D eigenvalue weighted by Gasteiger charge is 2.44. The minimum absolute atomic E-state index is 0.0101. The summed E-state index contributed by atoms with van der Waals surface area (Å²) in [4.78, 5) is 51.3. The van der Waals surface area contributed by atoms with Crippen molar-refractivity contribution < 1.29 is 29.4 Å². The van der Waals surface area contributed by atoms with Crippen LogP contribution >= 0.6 is 0 Å². The summed E-state index contributed by atoms with van der Waals surface area (Å²) < 4.78 is 0. The molecule has 0 aromatic heterocycles. The Bertz CT molecular complexity index is 1030. The molecule has 6 atom stereocenters. The summed E-state index contributed by atoms with van der Waals surface area (Å²) in [7, 11) is 0. The van der Waals surface area contributed by atoms with Crippen LogP contribution < -0.4 is 10.6 Å². The van der Waals surface area contributed by atoms with Gasteiger partial charge < -0.3 is 20.8 Å². The van der Waals surface area contributed by atoms with E-state index in [0.29, 0.717) is 48.3 Å². The zero-order valence-corrected chi connectivity index (χ0v) is 30.1. The summed E-state index contributed by atoms with van der Waals surface area (Å²) in [5.74, 6) is 0.158. The molecule has 0 aromatic rings. The van der Waals surface area contributed by atoms with Crippen molar-refractivity contribution in [3.8, 4) is 0 Å². The Hall–Kier alpha value is -2.12. The number of carbonyl (C=O) groups excluding carboxylic acids is 2. The van der Waals surface area contributed by atoms with Crippen molar-refractivity contribution in [1.29, 1.82) is 0 Å². The van der Waals surface area contributed by atoms with Gasteiger partial charge >= 0.3 is 11.9 Å².